The Balaban J connectivity index is 1.11. The van der Waals surface area contributed by atoms with E-state index in [4.69, 9.17) is 0 Å². The van der Waals surface area contributed by atoms with E-state index in [9.17, 15) is 4.79 Å². The van der Waals surface area contributed by atoms with E-state index in [-0.39, 0.29) is 5.91 Å². The van der Waals surface area contributed by atoms with Crippen LogP contribution in [0.15, 0.2) is 34.7 Å². The lowest BCUT2D eigenvalue weighted by Crippen LogP contribution is -2.56. The molecule has 4 aliphatic rings. The minimum absolute atomic E-state index is 0.0841. The summed E-state index contributed by atoms with van der Waals surface area (Å²) in [4.78, 5) is 21.1. The maximum atomic E-state index is 12.5. The molecule has 1 amide bonds. The van der Waals surface area contributed by atoms with Crippen LogP contribution in [0.3, 0.4) is 0 Å². The molecule has 4 saturated carbocycles. The average Bonchev–Trinajstić information content (AvgIpc) is 3.21. The van der Waals surface area contributed by atoms with Crippen molar-refractivity contribution in [2.24, 2.45) is 28.8 Å². The van der Waals surface area contributed by atoms with Gasteiger partial charge in [0.15, 0.2) is 0 Å². The molecule has 0 saturated heterocycles. The summed E-state index contributed by atoms with van der Waals surface area (Å²) in [6.45, 7) is 1.87. The Kier molecular flexibility index (Phi) is 5.45. The summed E-state index contributed by atoms with van der Waals surface area (Å²) in [5.41, 5.74) is 4.40. The van der Waals surface area contributed by atoms with E-state index in [1.807, 2.05) is 25.1 Å². The smallest absolute Gasteiger partial charge is 0.240 e. The van der Waals surface area contributed by atoms with Gasteiger partial charge in [-0.25, -0.2) is 10.5 Å². The fourth-order valence-corrected chi connectivity index (χ4v) is 6.26. The normalized spacial score (nSPS) is 29.8. The van der Waals surface area contributed by atoms with Crippen LogP contribution in [0, 0.1) is 23.7 Å². The van der Waals surface area contributed by atoms with Crippen molar-refractivity contribution in [3.63, 3.8) is 0 Å². The molecular formula is C21H27N7OS. The minimum atomic E-state index is 0.0841. The second-order valence-corrected chi connectivity index (χ2v) is 9.75. The predicted octanol–water partition coefficient (Wildman–Crippen LogP) is 3.07. The third kappa shape index (κ3) is 4.21. The molecule has 4 aliphatic carbocycles. The zero-order valence-corrected chi connectivity index (χ0v) is 17.9. The molecule has 0 unspecified atom stereocenters. The number of amides is 1. The molecule has 6 rings (SSSR count). The van der Waals surface area contributed by atoms with E-state index < -0.39 is 0 Å². The Hall–Kier alpha value is -2.42. The highest BCUT2D eigenvalue weighted by atomic mass is 32.2. The number of nitrogens with zero attached hydrogens (tertiary/aromatic N) is 4. The van der Waals surface area contributed by atoms with Crippen LogP contribution in [0.2, 0.25) is 0 Å². The summed E-state index contributed by atoms with van der Waals surface area (Å²) in [7, 11) is 0. The first kappa shape index (κ1) is 19.5. The van der Waals surface area contributed by atoms with Crippen LogP contribution in [0.1, 0.15) is 44.7 Å². The lowest BCUT2D eigenvalue weighted by molar-refractivity contribution is -0.122. The number of carbonyl (C=O) groups excluding carboxylic acids is 1. The van der Waals surface area contributed by atoms with Crippen molar-refractivity contribution in [2.75, 3.05) is 11.2 Å². The number of rotatable bonds is 7. The molecule has 158 valence electrons. The van der Waals surface area contributed by atoms with Crippen molar-refractivity contribution >= 4 is 29.3 Å². The first-order valence-electron chi connectivity index (χ1n) is 10.7. The highest BCUT2D eigenvalue weighted by molar-refractivity contribution is 7.99. The number of hydrogen-bond acceptors (Lipinski definition) is 7. The molecule has 3 N–H and O–H groups in total. The van der Waals surface area contributed by atoms with E-state index in [0.717, 1.165) is 23.2 Å². The van der Waals surface area contributed by atoms with Gasteiger partial charge >= 0.3 is 0 Å². The van der Waals surface area contributed by atoms with Crippen molar-refractivity contribution in [1.82, 2.24) is 25.5 Å². The van der Waals surface area contributed by atoms with Crippen LogP contribution in [0.5, 0.6) is 0 Å². The molecule has 4 bridgehead atoms. The number of nitrogens with one attached hydrogen (secondary N) is 3. The van der Waals surface area contributed by atoms with Crippen LogP contribution < -0.4 is 10.7 Å². The second kappa shape index (κ2) is 8.37. The molecule has 0 spiro atoms. The molecule has 8 nitrogen and oxygen atoms in total. The Morgan fingerprint density at radius 2 is 1.97 bits per heavy atom. The number of H-pyrrole nitrogens is 1. The van der Waals surface area contributed by atoms with Crippen molar-refractivity contribution in [3.8, 4) is 0 Å². The monoisotopic (exact) mass is 425 g/mol. The molecule has 9 heteroatoms. The zero-order chi connectivity index (χ0) is 20.5. The summed E-state index contributed by atoms with van der Waals surface area (Å²) >= 11 is 1.34. The van der Waals surface area contributed by atoms with Gasteiger partial charge in [0, 0.05) is 12.2 Å². The van der Waals surface area contributed by atoms with Gasteiger partial charge in [-0.05, 0) is 74.8 Å². The van der Waals surface area contributed by atoms with E-state index in [2.05, 4.69) is 36.0 Å². The summed E-state index contributed by atoms with van der Waals surface area (Å²) in [5, 5.41) is 15.1. The third-order valence-electron chi connectivity index (χ3n) is 6.72. The number of aromatic amines is 1. The lowest BCUT2D eigenvalue weighted by atomic mass is 9.54. The van der Waals surface area contributed by atoms with Crippen LogP contribution in [0.4, 0.5) is 5.95 Å². The maximum absolute atomic E-state index is 12.5. The van der Waals surface area contributed by atoms with Crippen LogP contribution >= 0.6 is 11.8 Å². The topological polar surface area (TPSA) is 108 Å². The summed E-state index contributed by atoms with van der Waals surface area (Å²) in [6, 6.07) is 6.05. The third-order valence-corrected chi connectivity index (χ3v) is 7.56. The van der Waals surface area contributed by atoms with Crippen molar-refractivity contribution in [1.29, 1.82) is 0 Å². The fourth-order valence-electron chi connectivity index (χ4n) is 5.65. The van der Waals surface area contributed by atoms with Crippen LogP contribution in [-0.4, -0.2) is 43.6 Å². The Labute approximate surface area is 180 Å². The van der Waals surface area contributed by atoms with Crippen molar-refractivity contribution in [3.05, 3.63) is 30.1 Å². The SMILES string of the molecule is CC(=NNc1nc(SCC(=O)NC2C3CC4CC(C3)CC2C4)n[nH]1)c1ccccn1. The molecule has 2 aromatic rings. The minimum Gasteiger partial charge on any atom is -0.352 e. The largest absolute Gasteiger partial charge is 0.352 e. The maximum Gasteiger partial charge on any atom is 0.240 e. The van der Waals surface area contributed by atoms with Gasteiger partial charge in [0.2, 0.25) is 17.0 Å². The summed E-state index contributed by atoms with van der Waals surface area (Å²) in [6.07, 6.45) is 8.37. The molecule has 4 fully saturated rings. The van der Waals surface area contributed by atoms with Gasteiger partial charge in [-0.3, -0.25) is 9.78 Å². The molecule has 2 heterocycles. The number of thioether (sulfide) groups is 1. The predicted molar refractivity (Wildman–Crippen MR) is 116 cm³/mol. The quantitative estimate of drug-likeness (QED) is 0.357. The van der Waals surface area contributed by atoms with Gasteiger partial charge in [-0.2, -0.15) is 10.1 Å². The highest BCUT2D eigenvalue weighted by Gasteiger charge is 2.48. The van der Waals surface area contributed by atoms with E-state index in [1.165, 1.54) is 43.9 Å². The molecular weight excluding hydrogens is 398 g/mol. The first-order valence-corrected chi connectivity index (χ1v) is 11.7. The van der Waals surface area contributed by atoms with Gasteiger partial charge in [0.1, 0.15) is 0 Å². The van der Waals surface area contributed by atoms with Crippen molar-refractivity contribution < 1.29 is 4.79 Å². The first-order chi connectivity index (χ1) is 14.6. The average molecular weight is 426 g/mol. The number of aromatic nitrogens is 4. The van der Waals surface area contributed by atoms with Gasteiger partial charge in [0.05, 0.1) is 17.2 Å². The molecule has 2 aromatic heterocycles. The van der Waals surface area contributed by atoms with Crippen LogP contribution in [0.25, 0.3) is 0 Å². The molecule has 30 heavy (non-hydrogen) atoms. The standard InChI is InChI=1S/C21H27N7OS/c1-12(17-4-2-3-5-22-17)25-26-20-24-21(28-27-20)30-11-18(29)23-19-15-7-13-6-14(9-15)10-16(19)8-13/h2-5,13-16,19H,6-11H2,1H3,(H,23,29)(H2,24,26,27,28). The van der Waals surface area contributed by atoms with Crippen molar-refractivity contribution in [2.45, 2.75) is 50.2 Å². The lowest BCUT2D eigenvalue weighted by Gasteiger charge is -2.54. The van der Waals surface area contributed by atoms with E-state index >= 15 is 0 Å². The Morgan fingerprint density at radius 1 is 1.20 bits per heavy atom. The van der Waals surface area contributed by atoms with Gasteiger partial charge in [-0.1, -0.05) is 17.8 Å². The molecule has 0 aliphatic heterocycles. The summed E-state index contributed by atoms with van der Waals surface area (Å²) in [5.74, 6) is 4.06. The van der Waals surface area contributed by atoms with Gasteiger partial charge in [0.25, 0.3) is 0 Å². The number of hydrazone groups is 1. The number of pyridine rings is 1. The zero-order valence-electron chi connectivity index (χ0n) is 17.0. The Bertz CT molecular complexity index is 900. The molecule has 0 radical (unpaired) electrons. The summed E-state index contributed by atoms with van der Waals surface area (Å²) < 4.78 is 0. The number of hydrogen-bond donors (Lipinski definition) is 3. The van der Waals surface area contributed by atoms with Crippen LogP contribution in [-0.2, 0) is 4.79 Å². The molecule has 0 aromatic carbocycles. The van der Waals surface area contributed by atoms with E-state index in [0.29, 0.717) is 34.7 Å². The fraction of sp³-hybridized carbons (Fsp3) is 0.571. The highest BCUT2D eigenvalue weighted by Crippen LogP contribution is 2.53. The second-order valence-electron chi connectivity index (χ2n) is 8.80. The molecule has 0 atom stereocenters. The van der Waals surface area contributed by atoms with Gasteiger partial charge in [-0.15, -0.1) is 5.10 Å². The Morgan fingerprint density at radius 3 is 2.67 bits per heavy atom. The number of carbonyl (C=O) groups is 1. The van der Waals surface area contributed by atoms with E-state index in [1.54, 1.807) is 6.20 Å². The van der Waals surface area contributed by atoms with Gasteiger partial charge < -0.3 is 5.32 Å². The number of anilines is 1.